The van der Waals surface area contributed by atoms with Crippen molar-refractivity contribution in [3.63, 3.8) is 0 Å². The second kappa shape index (κ2) is 5.85. The molecule has 1 aliphatic rings. The summed E-state index contributed by atoms with van der Waals surface area (Å²) >= 11 is 0. The SMILES string of the molecule is [B]1N(c2ccccc2)C=CN1c1ccccn1.[Ir]. The Balaban J connectivity index is 0.00000120. The first-order valence-corrected chi connectivity index (χ1v) is 5.49. The van der Waals surface area contributed by atoms with Gasteiger partial charge in [0.05, 0.1) is 0 Å². The minimum atomic E-state index is 0. The van der Waals surface area contributed by atoms with Gasteiger partial charge in [0.2, 0.25) is 0 Å². The molecule has 2 heterocycles. The maximum Gasteiger partial charge on any atom is 0.401 e. The molecule has 18 heavy (non-hydrogen) atoms. The average Bonchev–Trinajstić information content (AvgIpc) is 2.90. The molecular weight excluding hydrogens is 401 g/mol. The Morgan fingerprint density at radius 2 is 1.56 bits per heavy atom. The minimum Gasteiger partial charge on any atom is -0.374 e. The zero-order chi connectivity index (χ0) is 11.5. The number of hydrogen-bond acceptors (Lipinski definition) is 3. The molecule has 0 spiro atoms. The monoisotopic (exact) mass is 413 g/mol. The summed E-state index contributed by atoms with van der Waals surface area (Å²) in [5, 5.41) is 0. The predicted molar refractivity (Wildman–Crippen MR) is 70.5 cm³/mol. The number of aromatic nitrogens is 1. The van der Waals surface area contributed by atoms with Crippen molar-refractivity contribution in [1.82, 2.24) is 4.98 Å². The minimum absolute atomic E-state index is 0. The van der Waals surface area contributed by atoms with Crippen molar-refractivity contribution in [2.24, 2.45) is 0 Å². The van der Waals surface area contributed by atoms with Crippen LogP contribution in [0.25, 0.3) is 0 Å². The molecule has 1 aromatic carbocycles. The molecule has 1 aliphatic heterocycles. The van der Waals surface area contributed by atoms with Crippen molar-refractivity contribution in [3.05, 3.63) is 67.1 Å². The number of pyridine rings is 1. The summed E-state index contributed by atoms with van der Waals surface area (Å²) in [5.74, 6) is 0.919. The first-order valence-electron chi connectivity index (χ1n) is 5.49. The van der Waals surface area contributed by atoms with Gasteiger partial charge in [0.25, 0.3) is 0 Å². The summed E-state index contributed by atoms with van der Waals surface area (Å²) in [5.41, 5.74) is 1.14. The summed E-state index contributed by atoms with van der Waals surface area (Å²) in [6.07, 6.45) is 5.81. The Hall–Kier alpha value is -1.58. The molecule has 0 saturated carbocycles. The van der Waals surface area contributed by atoms with Gasteiger partial charge >= 0.3 is 7.55 Å². The fourth-order valence-corrected chi connectivity index (χ4v) is 1.75. The maximum absolute atomic E-state index is 4.31. The standard InChI is InChI=1S/C13H11BN3.Ir/c1-2-6-12(7-3-1)16-10-11-17(14-16)13-8-4-5-9-15-13;/h1-11H;. The Bertz CT molecular complexity index is 471. The Morgan fingerprint density at radius 3 is 2.28 bits per heavy atom. The normalized spacial score (nSPS) is 13.1. The topological polar surface area (TPSA) is 19.4 Å². The van der Waals surface area contributed by atoms with Crippen LogP contribution < -0.4 is 9.62 Å². The van der Waals surface area contributed by atoms with E-state index in [1.165, 1.54) is 0 Å². The molecule has 1 aromatic heterocycles. The van der Waals surface area contributed by atoms with E-state index < -0.39 is 0 Å². The molecule has 0 N–H and O–H groups in total. The van der Waals surface area contributed by atoms with Crippen LogP contribution in [-0.2, 0) is 20.1 Å². The molecule has 2 radical (unpaired) electrons. The number of hydrogen-bond donors (Lipinski definition) is 0. The van der Waals surface area contributed by atoms with Gasteiger partial charge < -0.3 is 9.62 Å². The third-order valence-electron chi connectivity index (χ3n) is 2.60. The van der Waals surface area contributed by atoms with Gasteiger partial charge in [-0.2, -0.15) is 0 Å². The second-order valence-corrected chi connectivity index (χ2v) is 3.75. The van der Waals surface area contributed by atoms with E-state index in [0.717, 1.165) is 11.5 Å². The van der Waals surface area contributed by atoms with Gasteiger partial charge in [0.1, 0.15) is 5.82 Å². The van der Waals surface area contributed by atoms with Crippen molar-refractivity contribution >= 4 is 19.1 Å². The fourth-order valence-electron chi connectivity index (χ4n) is 1.75. The van der Waals surface area contributed by atoms with Crippen molar-refractivity contribution < 1.29 is 20.1 Å². The number of benzene rings is 1. The Morgan fingerprint density at radius 1 is 0.833 bits per heavy atom. The molecule has 0 saturated heterocycles. The smallest absolute Gasteiger partial charge is 0.374 e. The van der Waals surface area contributed by atoms with Gasteiger partial charge in [-0.25, -0.2) is 4.98 Å². The van der Waals surface area contributed by atoms with E-state index in [2.05, 4.69) is 21.9 Å². The molecule has 3 rings (SSSR count). The predicted octanol–water partition coefficient (Wildman–Crippen LogP) is 2.41. The molecular formula is C13H11BIrN3. The van der Waals surface area contributed by atoms with Crippen molar-refractivity contribution in [1.29, 1.82) is 0 Å². The molecule has 0 bridgehead atoms. The second-order valence-electron chi connectivity index (χ2n) is 3.75. The van der Waals surface area contributed by atoms with Gasteiger partial charge in [-0.15, -0.1) is 0 Å². The first kappa shape index (κ1) is 12.9. The molecule has 0 fully saturated rings. The van der Waals surface area contributed by atoms with E-state index in [4.69, 9.17) is 0 Å². The summed E-state index contributed by atoms with van der Waals surface area (Å²) in [4.78, 5) is 8.36. The van der Waals surface area contributed by atoms with E-state index in [0.29, 0.717) is 0 Å². The van der Waals surface area contributed by atoms with E-state index in [9.17, 15) is 0 Å². The average molecular weight is 412 g/mol. The third kappa shape index (κ3) is 2.63. The number of para-hydroxylation sites is 1. The third-order valence-corrected chi connectivity index (χ3v) is 2.60. The van der Waals surface area contributed by atoms with E-state index in [1.54, 1.807) is 6.20 Å². The summed E-state index contributed by atoms with van der Waals surface area (Å²) in [7, 11) is 2.01. The largest absolute Gasteiger partial charge is 0.401 e. The van der Waals surface area contributed by atoms with Crippen LogP contribution in [0.4, 0.5) is 11.5 Å². The quantitative estimate of drug-likeness (QED) is 0.707. The maximum atomic E-state index is 4.31. The van der Waals surface area contributed by atoms with Crippen molar-refractivity contribution in [2.45, 2.75) is 0 Å². The van der Waals surface area contributed by atoms with Crippen LogP contribution in [0.5, 0.6) is 0 Å². The summed E-state index contributed by atoms with van der Waals surface area (Å²) in [6, 6.07) is 16.1. The molecule has 90 valence electrons. The molecule has 3 nitrogen and oxygen atoms in total. The van der Waals surface area contributed by atoms with Gasteiger partial charge in [0.15, 0.2) is 0 Å². The first-order chi connectivity index (χ1) is 8.43. The zero-order valence-electron chi connectivity index (χ0n) is 9.60. The summed E-state index contributed by atoms with van der Waals surface area (Å²) in [6.45, 7) is 0. The van der Waals surface area contributed by atoms with Gasteiger partial charge in [-0.05, 0) is 24.3 Å². The van der Waals surface area contributed by atoms with Crippen molar-refractivity contribution in [2.75, 3.05) is 9.62 Å². The van der Waals surface area contributed by atoms with Crippen LogP contribution in [-0.4, -0.2) is 12.5 Å². The number of nitrogens with zero attached hydrogens (tertiary/aromatic N) is 3. The molecule has 2 aromatic rings. The van der Waals surface area contributed by atoms with Crippen LogP contribution in [0, 0.1) is 0 Å². The van der Waals surface area contributed by atoms with Crippen molar-refractivity contribution in [3.8, 4) is 0 Å². The summed E-state index contributed by atoms with van der Waals surface area (Å²) < 4.78 is 0. The van der Waals surface area contributed by atoms with Crippen LogP contribution in [0.15, 0.2) is 67.1 Å². The molecule has 0 aliphatic carbocycles. The number of anilines is 2. The number of rotatable bonds is 2. The van der Waals surface area contributed by atoms with Crippen LogP contribution >= 0.6 is 0 Å². The molecule has 0 atom stereocenters. The van der Waals surface area contributed by atoms with E-state index >= 15 is 0 Å². The van der Waals surface area contributed by atoms with Crippen LogP contribution in [0.2, 0.25) is 0 Å². The van der Waals surface area contributed by atoms with Gasteiger partial charge in [-0.1, -0.05) is 24.3 Å². The van der Waals surface area contributed by atoms with Gasteiger partial charge in [-0.3, -0.25) is 0 Å². The molecule has 0 amide bonds. The zero-order valence-corrected chi connectivity index (χ0v) is 12.0. The van der Waals surface area contributed by atoms with E-state index in [1.807, 2.05) is 61.2 Å². The van der Waals surface area contributed by atoms with Crippen LogP contribution in [0.1, 0.15) is 0 Å². The Kier molecular flexibility index (Phi) is 4.18. The van der Waals surface area contributed by atoms with Gasteiger partial charge in [0, 0.05) is 44.4 Å². The fraction of sp³-hybridized carbons (Fsp3) is 0. The molecule has 5 heteroatoms. The Labute approximate surface area is 121 Å². The van der Waals surface area contributed by atoms with Crippen LogP contribution in [0.3, 0.4) is 0 Å². The molecule has 0 unspecified atom stereocenters. The van der Waals surface area contributed by atoms with E-state index in [-0.39, 0.29) is 20.1 Å².